The van der Waals surface area contributed by atoms with Gasteiger partial charge in [-0.1, -0.05) is 213 Å². The van der Waals surface area contributed by atoms with Crippen LogP contribution in [0, 0.1) is 40.2 Å². The number of nitrogens with zero attached hydrogens (tertiary/aromatic N) is 1. The number of carbonyl (C=O) groups excluding carboxylic acids is 2. The molecular formula is C66H101B3BrClN4O10. The molecule has 3 saturated heterocycles. The number of nitro groups is 1. The lowest BCUT2D eigenvalue weighted by molar-refractivity contribution is -0.384. The largest absolute Gasteiger partial charge is 0.493 e. The summed E-state index contributed by atoms with van der Waals surface area (Å²) in [5.41, 5.74) is 20.3. The smallest absolute Gasteiger partial charge is 0.407 e. The molecule has 0 unspecified atom stereocenters. The molecule has 9 rings (SSSR count). The second-order valence-electron chi connectivity index (χ2n) is 20.5. The van der Waals surface area contributed by atoms with Gasteiger partial charge in [0.2, 0.25) is 0 Å². The molecule has 6 aromatic carbocycles. The molecule has 3 heterocycles. The van der Waals surface area contributed by atoms with Crippen LogP contribution in [0.15, 0.2) is 150 Å². The van der Waals surface area contributed by atoms with E-state index >= 15 is 0 Å². The van der Waals surface area contributed by atoms with E-state index in [9.17, 15) is 19.7 Å². The summed E-state index contributed by atoms with van der Waals surface area (Å²) in [5.74, 6) is -0.126. The third-order valence-electron chi connectivity index (χ3n) is 11.1. The van der Waals surface area contributed by atoms with Crippen molar-refractivity contribution >= 4 is 99.2 Å². The Hall–Kier alpha value is -5.82. The van der Waals surface area contributed by atoms with Crippen molar-refractivity contribution in [3.05, 3.63) is 182 Å². The Morgan fingerprint density at radius 3 is 1.13 bits per heavy atom. The standard InChI is InChI=1S/C19H22BNO3.2C11H16BNO2.C8H7ClO.C6H4BrNO2.4C2H6.3CH4/c1-14-7-9-15(10-8-14)18(22)21-17-6-4-5-16(11-17)20-23-12-19(2,3)13-24-20;2*1-11(2)7-14-12(15-8-11)9-4-3-5-10(13)6-9;1-6-2-4-7(5-3-6)8(9)10;7-5-2-1-3-6(4-5)8(9)10;4*1-2;;;/h4-11H,12-13H2,1-3H3,(H,21,22);2*3-6H,7-8,13H2,1-2H3;2-5H,1H3;1-4H;4*1-2H3;3*1H4. The zero-order chi connectivity index (χ0) is 62.1. The third-order valence-corrected chi connectivity index (χ3v) is 11.9. The number of nitro benzene ring substituents is 1. The highest BCUT2D eigenvalue weighted by Gasteiger charge is 2.35. The number of nitrogens with two attached hydrogens (primary N) is 2. The number of amides is 1. The normalized spacial score (nSPS) is 14.4. The van der Waals surface area contributed by atoms with Crippen LogP contribution >= 0.6 is 27.5 Å². The Morgan fingerprint density at radius 1 is 0.506 bits per heavy atom. The van der Waals surface area contributed by atoms with E-state index in [1.54, 1.807) is 24.3 Å². The van der Waals surface area contributed by atoms with Gasteiger partial charge in [0.15, 0.2) is 0 Å². The van der Waals surface area contributed by atoms with Gasteiger partial charge in [-0.15, -0.1) is 0 Å². The van der Waals surface area contributed by atoms with Gasteiger partial charge in [-0.3, -0.25) is 19.7 Å². The van der Waals surface area contributed by atoms with Crippen LogP contribution in [-0.4, -0.2) is 77.1 Å². The van der Waals surface area contributed by atoms with Crippen LogP contribution in [0.1, 0.15) is 151 Å². The molecule has 5 N–H and O–H groups in total. The van der Waals surface area contributed by atoms with Gasteiger partial charge in [0, 0.05) is 101 Å². The summed E-state index contributed by atoms with van der Waals surface area (Å²) in [6, 6.07) is 43.8. The van der Waals surface area contributed by atoms with Gasteiger partial charge >= 0.3 is 21.4 Å². The molecule has 3 aliphatic rings. The maximum Gasteiger partial charge on any atom is 0.493 e. The molecule has 0 bridgehead atoms. The third kappa shape index (κ3) is 32.5. The van der Waals surface area contributed by atoms with E-state index in [-0.39, 0.29) is 71.5 Å². The summed E-state index contributed by atoms with van der Waals surface area (Å²) in [7, 11) is -0.905. The zero-order valence-electron chi connectivity index (χ0n) is 51.3. The number of benzene rings is 6. The highest BCUT2D eigenvalue weighted by atomic mass is 79.9. The lowest BCUT2D eigenvalue weighted by Crippen LogP contribution is -2.47. The summed E-state index contributed by atoms with van der Waals surface area (Å²) in [6.07, 6.45) is 0. The number of hydrogen-bond donors (Lipinski definition) is 3. The number of aryl methyl sites for hydroxylation is 2. The molecule has 19 heteroatoms. The van der Waals surface area contributed by atoms with Crippen LogP contribution in [0.2, 0.25) is 0 Å². The van der Waals surface area contributed by atoms with Gasteiger partial charge in [-0.2, -0.15) is 0 Å². The average molecular weight is 1260 g/mol. The predicted molar refractivity (Wildman–Crippen MR) is 368 cm³/mol. The molecular weight excluding hydrogens is 1160 g/mol. The number of hydrogen-bond acceptors (Lipinski definition) is 12. The van der Waals surface area contributed by atoms with Crippen molar-refractivity contribution in [3.8, 4) is 0 Å². The molecule has 1 amide bonds. The van der Waals surface area contributed by atoms with Gasteiger partial charge in [-0.25, -0.2) is 0 Å². The van der Waals surface area contributed by atoms with Gasteiger partial charge in [0.25, 0.3) is 16.8 Å². The second kappa shape index (κ2) is 43.7. The maximum absolute atomic E-state index is 12.3. The van der Waals surface area contributed by atoms with Gasteiger partial charge in [-0.05, 0) is 109 Å². The zero-order valence-corrected chi connectivity index (χ0v) is 53.6. The Kier molecular flexibility index (Phi) is 42.9. The van der Waals surface area contributed by atoms with E-state index < -0.39 is 10.2 Å². The average Bonchev–Trinajstić information content (AvgIpc) is 3.68. The van der Waals surface area contributed by atoms with Gasteiger partial charge in [0.1, 0.15) is 0 Å². The van der Waals surface area contributed by atoms with Crippen molar-refractivity contribution in [2.45, 2.75) is 133 Å². The summed E-state index contributed by atoms with van der Waals surface area (Å²) in [5, 5.41) is 12.7. The van der Waals surface area contributed by atoms with Crippen molar-refractivity contribution in [3.63, 3.8) is 0 Å². The fourth-order valence-electron chi connectivity index (χ4n) is 7.01. The van der Waals surface area contributed by atoms with Crippen molar-refractivity contribution in [1.82, 2.24) is 0 Å². The number of rotatable bonds is 7. The predicted octanol–water partition coefficient (Wildman–Crippen LogP) is 15.8. The van der Waals surface area contributed by atoms with Crippen LogP contribution in [0.25, 0.3) is 0 Å². The number of nitrogen functional groups attached to an aromatic ring is 2. The highest BCUT2D eigenvalue weighted by Crippen LogP contribution is 2.24. The number of nitrogens with one attached hydrogen (secondary N) is 1. The summed E-state index contributed by atoms with van der Waals surface area (Å²) in [4.78, 5) is 32.6. The summed E-state index contributed by atoms with van der Waals surface area (Å²) >= 11 is 8.34. The monoisotopic (exact) mass is 1260 g/mol. The maximum atomic E-state index is 12.3. The minimum atomic E-state index is -0.426. The molecule has 0 radical (unpaired) electrons. The molecule has 14 nitrogen and oxygen atoms in total. The fraction of sp³-hybridized carbons (Fsp3) is 0.424. The van der Waals surface area contributed by atoms with E-state index in [0.29, 0.717) is 50.8 Å². The fourth-order valence-corrected chi connectivity index (χ4v) is 7.52. The molecule has 85 heavy (non-hydrogen) atoms. The van der Waals surface area contributed by atoms with Crippen LogP contribution in [0.4, 0.5) is 22.7 Å². The van der Waals surface area contributed by atoms with Crippen LogP contribution in [0.5, 0.6) is 0 Å². The molecule has 0 atom stereocenters. The Bertz CT molecular complexity index is 2690. The van der Waals surface area contributed by atoms with E-state index in [0.717, 1.165) is 49.1 Å². The Labute approximate surface area is 526 Å². The van der Waals surface area contributed by atoms with Crippen LogP contribution in [0.3, 0.4) is 0 Å². The summed E-state index contributed by atoms with van der Waals surface area (Å²) in [6.45, 7) is 36.9. The SMILES string of the molecule is C.C.C.CC.CC.CC.CC.CC1(C)COB(c2cccc(N)c2)OC1.CC1(C)COB(c2cccc(N)c2)OC1.Cc1ccc(C(=O)Cl)cc1.Cc1ccc(C(=O)Nc2cccc(B3OCC(C)(C)CO3)c2)cc1.O=[N+]([O-])c1cccc(Br)c1. The topological polar surface area (TPSA) is 197 Å². The number of anilines is 3. The van der Waals surface area contributed by atoms with Crippen molar-refractivity contribution in [2.75, 3.05) is 56.4 Å². The lowest BCUT2D eigenvalue weighted by atomic mass is 9.76. The van der Waals surface area contributed by atoms with E-state index in [1.807, 2.05) is 178 Å². The number of non-ortho nitro benzene ring substituents is 1. The van der Waals surface area contributed by atoms with Crippen molar-refractivity contribution in [1.29, 1.82) is 0 Å². The van der Waals surface area contributed by atoms with E-state index in [2.05, 4.69) is 62.8 Å². The first-order chi connectivity index (χ1) is 39.0. The Morgan fingerprint density at radius 2 is 0.824 bits per heavy atom. The first-order valence-electron chi connectivity index (χ1n) is 28.0. The number of halogens is 2. The van der Waals surface area contributed by atoms with Crippen molar-refractivity contribution in [2.24, 2.45) is 16.2 Å². The molecule has 0 saturated carbocycles. The molecule has 6 aromatic rings. The first-order valence-corrected chi connectivity index (χ1v) is 29.2. The van der Waals surface area contributed by atoms with Crippen molar-refractivity contribution < 1.29 is 42.4 Å². The van der Waals surface area contributed by atoms with Crippen LogP contribution in [-0.2, 0) is 27.9 Å². The summed E-state index contributed by atoms with van der Waals surface area (Å²) < 4.78 is 35.0. The van der Waals surface area contributed by atoms with E-state index in [1.165, 1.54) is 12.1 Å². The molecule has 3 aliphatic heterocycles. The van der Waals surface area contributed by atoms with Gasteiger partial charge in [0.05, 0.1) is 4.92 Å². The minimum absolute atomic E-state index is 0. The molecule has 468 valence electrons. The molecule has 0 aromatic heterocycles. The van der Waals surface area contributed by atoms with Gasteiger partial charge < -0.3 is 44.7 Å². The molecule has 3 fully saturated rings. The quantitative estimate of drug-likeness (QED) is 0.0450. The second-order valence-corrected chi connectivity index (χ2v) is 21.8. The molecule has 0 spiro atoms. The van der Waals surface area contributed by atoms with Crippen LogP contribution < -0.4 is 33.2 Å². The number of carbonyl (C=O) groups is 2. The molecule has 0 aliphatic carbocycles. The lowest BCUT2D eigenvalue weighted by Gasteiger charge is -2.33. The minimum Gasteiger partial charge on any atom is -0.407 e. The first kappa shape index (κ1) is 83.4. The highest BCUT2D eigenvalue weighted by molar-refractivity contribution is 9.10. The van der Waals surface area contributed by atoms with E-state index in [4.69, 9.17) is 51.0 Å². The Balaban J connectivity index is -0.000000983.